The predicted octanol–water partition coefficient (Wildman–Crippen LogP) is 7.85. The SMILES string of the molecule is CCCCN(CCC(C)CC)c1cc(C(F)(F)CC)cc(-c2ccnc3c2C(C(F)(F)F)OC(=O)N3)n1. The van der Waals surface area contributed by atoms with E-state index in [4.69, 9.17) is 0 Å². The fourth-order valence-corrected chi connectivity index (χ4v) is 4.09. The van der Waals surface area contributed by atoms with Crippen molar-refractivity contribution in [3.63, 3.8) is 0 Å². The highest BCUT2D eigenvalue weighted by Gasteiger charge is 2.49. The number of hydrogen-bond donors (Lipinski definition) is 1. The number of ether oxygens (including phenoxy) is 1. The Balaban J connectivity index is 2.21. The summed E-state index contributed by atoms with van der Waals surface area (Å²) in [6, 6.07) is 3.71. The summed E-state index contributed by atoms with van der Waals surface area (Å²) in [4.78, 5) is 22.1. The van der Waals surface area contributed by atoms with E-state index in [-0.39, 0.29) is 28.5 Å². The molecule has 1 N–H and O–H groups in total. The van der Waals surface area contributed by atoms with E-state index in [1.54, 1.807) is 0 Å². The first-order chi connectivity index (χ1) is 17.4. The number of nitrogens with one attached hydrogen (secondary N) is 1. The highest BCUT2D eigenvalue weighted by atomic mass is 19.4. The van der Waals surface area contributed by atoms with E-state index in [0.717, 1.165) is 31.7 Å². The zero-order valence-electron chi connectivity index (χ0n) is 21.5. The third kappa shape index (κ3) is 6.67. The number of cyclic esters (lactones) is 1. The Hall–Kier alpha value is -2.98. The van der Waals surface area contributed by atoms with Gasteiger partial charge in [-0.05, 0) is 37.0 Å². The van der Waals surface area contributed by atoms with Gasteiger partial charge in [-0.25, -0.2) is 23.5 Å². The molecule has 0 saturated carbocycles. The predicted molar refractivity (Wildman–Crippen MR) is 132 cm³/mol. The van der Waals surface area contributed by atoms with Crippen LogP contribution in [0.4, 0.5) is 38.4 Å². The number of halogens is 5. The number of anilines is 2. The minimum atomic E-state index is -4.94. The summed E-state index contributed by atoms with van der Waals surface area (Å²) >= 11 is 0. The van der Waals surface area contributed by atoms with E-state index in [1.807, 2.05) is 11.8 Å². The first-order valence-electron chi connectivity index (χ1n) is 12.6. The van der Waals surface area contributed by atoms with Gasteiger partial charge in [-0.3, -0.25) is 5.32 Å². The van der Waals surface area contributed by atoms with Crippen molar-refractivity contribution in [1.29, 1.82) is 0 Å². The molecule has 6 nitrogen and oxygen atoms in total. The summed E-state index contributed by atoms with van der Waals surface area (Å²) in [6.07, 6.45) is -4.69. The maximum atomic E-state index is 15.0. The summed E-state index contributed by atoms with van der Waals surface area (Å²) in [6.45, 7) is 8.68. The first-order valence-corrected chi connectivity index (χ1v) is 12.6. The molecule has 1 aliphatic rings. The van der Waals surface area contributed by atoms with Crippen LogP contribution in [0.3, 0.4) is 0 Å². The van der Waals surface area contributed by atoms with Crippen molar-refractivity contribution in [3.05, 3.63) is 35.5 Å². The zero-order chi connectivity index (χ0) is 27.4. The molecule has 0 spiro atoms. The molecular weight excluding hydrogens is 495 g/mol. The topological polar surface area (TPSA) is 67.4 Å². The minimum Gasteiger partial charge on any atom is -0.431 e. The lowest BCUT2D eigenvalue weighted by Gasteiger charge is -2.30. The van der Waals surface area contributed by atoms with Crippen LogP contribution < -0.4 is 10.2 Å². The fourth-order valence-electron chi connectivity index (χ4n) is 4.09. The third-order valence-electron chi connectivity index (χ3n) is 6.64. The quantitative estimate of drug-likeness (QED) is 0.301. The number of rotatable bonds is 11. The van der Waals surface area contributed by atoms with Crippen LogP contribution in [0.5, 0.6) is 0 Å². The lowest BCUT2D eigenvalue weighted by molar-refractivity contribution is -0.206. The summed E-state index contributed by atoms with van der Waals surface area (Å²) in [5, 5.41) is 2.17. The maximum Gasteiger partial charge on any atom is 0.430 e. The maximum absolute atomic E-state index is 15.0. The van der Waals surface area contributed by atoms with Crippen LogP contribution in [0, 0.1) is 5.92 Å². The van der Waals surface area contributed by atoms with E-state index in [2.05, 4.69) is 33.9 Å². The van der Waals surface area contributed by atoms with Crippen LogP contribution in [-0.2, 0) is 10.7 Å². The Morgan fingerprint density at radius 1 is 1.14 bits per heavy atom. The molecule has 0 fully saturated rings. The Labute approximate surface area is 213 Å². The Bertz CT molecular complexity index is 1090. The molecule has 0 aliphatic carbocycles. The van der Waals surface area contributed by atoms with Gasteiger partial charge in [0.25, 0.3) is 5.92 Å². The number of carbonyl (C=O) groups is 1. The van der Waals surface area contributed by atoms with E-state index in [9.17, 15) is 26.7 Å². The molecule has 0 aromatic carbocycles. The van der Waals surface area contributed by atoms with E-state index < -0.39 is 36.3 Å². The van der Waals surface area contributed by atoms with Crippen molar-refractivity contribution in [1.82, 2.24) is 9.97 Å². The van der Waals surface area contributed by atoms with E-state index >= 15 is 0 Å². The number of alkyl halides is 5. The number of pyridine rings is 2. The Morgan fingerprint density at radius 2 is 1.86 bits per heavy atom. The van der Waals surface area contributed by atoms with Crippen molar-refractivity contribution in [2.45, 2.75) is 78.0 Å². The molecule has 37 heavy (non-hydrogen) atoms. The Kier molecular flexibility index (Phi) is 8.96. The summed E-state index contributed by atoms with van der Waals surface area (Å²) in [5.74, 6) is -2.88. The smallest absolute Gasteiger partial charge is 0.430 e. The highest BCUT2D eigenvalue weighted by molar-refractivity contribution is 5.89. The van der Waals surface area contributed by atoms with Gasteiger partial charge in [0.05, 0.1) is 11.3 Å². The fraction of sp³-hybridized carbons (Fsp3) is 0.577. The van der Waals surface area contributed by atoms with Crippen molar-refractivity contribution in [2.75, 3.05) is 23.3 Å². The average Bonchev–Trinajstić information content (AvgIpc) is 2.86. The van der Waals surface area contributed by atoms with E-state index in [0.29, 0.717) is 19.0 Å². The lowest BCUT2D eigenvalue weighted by Crippen LogP contribution is -2.34. The number of aromatic nitrogens is 2. The number of amides is 1. The summed E-state index contributed by atoms with van der Waals surface area (Å²) in [7, 11) is 0. The van der Waals surface area contributed by atoms with Crippen molar-refractivity contribution in [2.24, 2.45) is 5.92 Å². The molecule has 2 aromatic heterocycles. The molecule has 1 amide bonds. The molecular formula is C26H33F5N4O2. The van der Waals surface area contributed by atoms with Gasteiger partial charge in [0.1, 0.15) is 11.6 Å². The number of unbranched alkanes of at least 4 members (excludes halogenated alkanes) is 1. The summed E-state index contributed by atoms with van der Waals surface area (Å²) in [5.41, 5.74) is -0.961. The Morgan fingerprint density at radius 3 is 2.49 bits per heavy atom. The first kappa shape index (κ1) is 28.6. The van der Waals surface area contributed by atoms with Gasteiger partial charge >= 0.3 is 12.3 Å². The molecule has 3 rings (SSSR count). The van der Waals surface area contributed by atoms with Crippen molar-refractivity contribution < 1.29 is 31.5 Å². The molecule has 0 saturated heterocycles. The van der Waals surface area contributed by atoms with Gasteiger partial charge in [0.2, 0.25) is 6.10 Å². The van der Waals surface area contributed by atoms with Crippen LogP contribution in [0.2, 0.25) is 0 Å². The molecule has 0 bridgehead atoms. The van der Waals surface area contributed by atoms with E-state index in [1.165, 1.54) is 25.3 Å². The van der Waals surface area contributed by atoms with Gasteiger partial charge in [-0.2, -0.15) is 13.2 Å². The van der Waals surface area contributed by atoms with Crippen LogP contribution in [-0.4, -0.2) is 35.3 Å². The molecule has 2 unspecified atom stereocenters. The molecule has 204 valence electrons. The standard InChI is InChI=1S/C26H33F5N4O2/c1-5-8-12-35(13-10-16(4)6-2)20-15-17(25(27,28)7-3)14-19(33-20)18-9-11-32-23-21(18)22(26(29,30)31)37-24(36)34-23/h9,11,14-16,22H,5-8,10,12-13H2,1-4H3,(H,32,34,36). The van der Waals surface area contributed by atoms with Crippen molar-refractivity contribution >= 4 is 17.7 Å². The molecule has 1 aliphatic heterocycles. The number of nitrogens with zero attached hydrogens (tertiary/aromatic N) is 3. The molecule has 0 radical (unpaired) electrons. The second-order valence-electron chi connectivity index (χ2n) is 9.37. The third-order valence-corrected chi connectivity index (χ3v) is 6.64. The van der Waals surface area contributed by atoms with Gasteiger partial charge in [0, 0.05) is 36.8 Å². The van der Waals surface area contributed by atoms with Gasteiger partial charge < -0.3 is 9.64 Å². The van der Waals surface area contributed by atoms with Crippen LogP contribution in [0.1, 0.15) is 77.0 Å². The minimum absolute atomic E-state index is 0.0710. The zero-order valence-corrected chi connectivity index (χ0v) is 21.5. The number of hydrogen-bond acceptors (Lipinski definition) is 5. The van der Waals surface area contributed by atoms with Crippen LogP contribution in [0.25, 0.3) is 11.3 Å². The normalized spacial score (nSPS) is 16.6. The molecule has 2 atom stereocenters. The average molecular weight is 529 g/mol. The van der Waals surface area contributed by atoms with Crippen LogP contribution >= 0.6 is 0 Å². The van der Waals surface area contributed by atoms with Gasteiger partial charge in [0.15, 0.2) is 0 Å². The van der Waals surface area contributed by atoms with Gasteiger partial charge in [-0.15, -0.1) is 0 Å². The van der Waals surface area contributed by atoms with Crippen LogP contribution in [0.15, 0.2) is 24.4 Å². The second-order valence-corrected chi connectivity index (χ2v) is 9.37. The number of fused-ring (bicyclic) bond motifs is 1. The lowest BCUT2D eigenvalue weighted by atomic mass is 9.96. The van der Waals surface area contributed by atoms with Crippen molar-refractivity contribution in [3.8, 4) is 11.3 Å². The van der Waals surface area contributed by atoms with Gasteiger partial charge in [-0.1, -0.05) is 40.5 Å². The number of carbonyl (C=O) groups excluding carboxylic acids is 1. The largest absolute Gasteiger partial charge is 0.431 e. The molecule has 11 heteroatoms. The summed E-state index contributed by atoms with van der Waals surface area (Å²) < 4.78 is 76.2. The molecule has 2 aromatic rings. The second kappa shape index (κ2) is 11.6. The molecule has 3 heterocycles. The highest BCUT2D eigenvalue weighted by Crippen LogP contribution is 2.46. The monoisotopic (exact) mass is 528 g/mol.